The lowest BCUT2D eigenvalue weighted by Crippen LogP contribution is -2.37. The summed E-state index contributed by atoms with van der Waals surface area (Å²) < 4.78 is 39.9. The van der Waals surface area contributed by atoms with Gasteiger partial charge in [0.25, 0.3) is 5.91 Å². The molecule has 3 nitrogen and oxygen atoms in total. The zero-order chi connectivity index (χ0) is 17.1. The van der Waals surface area contributed by atoms with Crippen molar-refractivity contribution in [1.82, 2.24) is 5.32 Å². The third-order valence-electron chi connectivity index (χ3n) is 3.49. The van der Waals surface area contributed by atoms with Gasteiger partial charge in [0.05, 0.1) is 17.7 Å². The van der Waals surface area contributed by atoms with E-state index >= 15 is 0 Å². The summed E-state index contributed by atoms with van der Waals surface area (Å²) in [6.45, 7) is 3.18. The van der Waals surface area contributed by atoms with Crippen LogP contribution in [-0.4, -0.2) is 17.1 Å². The van der Waals surface area contributed by atoms with Crippen molar-refractivity contribution in [2.45, 2.75) is 26.0 Å². The van der Waals surface area contributed by atoms with Crippen LogP contribution in [0.5, 0.6) is 0 Å². The summed E-state index contributed by atoms with van der Waals surface area (Å²) in [5.41, 5.74) is 0.634. The van der Waals surface area contributed by atoms with Gasteiger partial charge in [-0.25, -0.2) is 13.2 Å². The van der Waals surface area contributed by atoms with Crippen LogP contribution in [0.4, 0.5) is 13.2 Å². The Morgan fingerprint density at radius 3 is 2.35 bits per heavy atom. The molecule has 6 heteroatoms. The van der Waals surface area contributed by atoms with Crippen LogP contribution >= 0.6 is 0 Å². The fourth-order valence-corrected chi connectivity index (χ4v) is 2.15. The predicted octanol–water partition coefficient (Wildman–Crippen LogP) is 3.26. The monoisotopic (exact) mass is 323 g/mol. The number of carbonyl (C=O) groups is 1. The lowest BCUT2D eigenvalue weighted by Gasteiger charge is -2.21. The molecule has 2 aromatic carbocycles. The molecule has 2 atom stereocenters. The Bertz CT molecular complexity index is 734. The standard InChI is InChI=1S/C17H16F3NO2/c1-9-3-5-12(14(19)7-9)17(23)21-10(2)16(22)11-4-6-13(18)15(20)8-11/h3-8,10,16,22H,1-2H3,(H,21,23). The Hall–Kier alpha value is -2.34. The molecule has 0 bridgehead atoms. The second kappa shape index (κ2) is 6.83. The molecule has 0 aliphatic rings. The van der Waals surface area contributed by atoms with Gasteiger partial charge in [0.2, 0.25) is 0 Å². The van der Waals surface area contributed by atoms with E-state index in [2.05, 4.69) is 5.32 Å². The molecule has 0 heterocycles. The molecule has 1 amide bonds. The summed E-state index contributed by atoms with van der Waals surface area (Å²) in [6.07, 6.45) is -1.26. The third-order valence-corrected chi connectivity index (χ3v) is 3.49. The summed E-state index contributed by atoms with van der Waals surface area (Å²) in [5, 5.41) is 12.6. The average molecular weight is 323 g/mol. The topological polar surface area (TPSA) is 49.3 Å². The van der Waals surface area contributed by atoms with Gasteiger partial charge in [0.15, 0.2) is 11.6 Å². The van der Waals surface area contributed by atoms with Crippen LogP contribution in [0.3, 0.4) is 0 Å². The second-order valence-corrected chi connectivity index (χ2v) is 5.36. The first-order valence-corrected chi connectivity index (χ1v) is 6.99. The number of halogens is 3. The molecule has 2 N–H and O–H groups in total. The molecule has 0 saturated heterocycles. The second-order valence-electron chi connectivity index (χ2n) is 5.36. The zero-order valence-corrected chi connectivity index (χ0v) is 12.6. The van der Waals surface area contributed by atoms with Gasteiger partial charge in [-0.15, -0.1) is 0 Å². The summed E-state index contributed by atoms with van der Waals surface area (Å²) >= 11 is 0. The minimum atomic E-state index is -1.26. The maximum atomic E-state index is 13.8. The number of aryl methyl sites for hydroxylation is 1. The average Bonchev–Trinajstić information content (AvgIpc) is 2.49. The predicted molar refractivity (Wildman–Crippen MR) is 79.4 cm³/mol. The lowest BCUT2D eigenvalue weighted by molar-refractivity contribution is 0.0847. The van der Waals surface area contributed by atoms with Crippen molar-refractivity contribution < 1.29 is 23.1 Å². The fraction of sp³-hybridized carbons (Fsp3) is 0.235. The molecule has 122 valence electrons. The van der Waals surface area contributed by atoms with Gasteiger partial charge >= 0.3 is 0 Å². The largest absolute Gasteiger partial charge is 0.386 e. The molecule has 0 saturated carbocycles. The Labute approximate surface area is 131 Å². The maximum Gasteiger partial charge on any atom is 0.254 e. The van der Waals surface area contributed by atoms with Gasteiger partial charge < -0.3 is 10.4 Å². The number of nitrogens with one attached hydrogen (secondary N) is 1. The normalized spacial score (nSPS) is 13.5. The minimum absolute atomic E-state index is 0.112. The number of hydrogen-bond acceptors (Lipinski definition) is 2. The lowest BCUT2D eigenvalue weighted by atomic mass is 10.0. The number of amides is 1. The van der Waals surface area contributed by atoms with E-state index in [9.17, 15) is 23.1 Å². The summed E-state index contributed by atoms with van der Waals surface area (Å²) in [5.74, 6) is -3.49. The van der Waals surface area contributed by atoms with Gasteiger partial charge in [-0.3, -0.25) is 4.79 Å². The molecule has 0 aromatic heterocycles. The quantitative estimate of drug-likeness (QED) is 0.907. The highest BCUT2D eigenvalue weighted by Gasteiger charge is 2.21. The number of carbonyl (C=O) groups excluding carboxylic acids is 1. The van der Waals surface area contributed by atoms with E-state index < -0.39 is 35.5 Å². The first-order valence-electron chi connectivity index (χ1n) is 6.99. The van der Waals surface area contributed by atoms with Crippen LogP contribution in [0.2, 0.25) is 0 Å². The highest BCUT2D eigenvalue weighted by atomic mass is 19.2. The zero-order valence-electron chi connectivity index (χ0n) is 12.6. The molecular weight excluding hydrogens is 307 g/mol. The van der Waals surface area contributed by atoms with Crippen molar-refractivity contribution in [1.29, 1.82) is 0 Å². The molecule has 23 heavy (non-hydrogen) atoms. The Balaban J connectivity index is 2.12. The minimum Gasteiger partial charge on any atom is -0.386 e. The van der Waals surface area contributed by atoms with Crippen molar-refractivity contribution in [3.05, 3.63) is 70.5 Å². The summed E-state index contributed by atoms with van der Waals surface area (Å²) in [4.78, 5) is 12.0. The van der Waals surface area contributed by atoms with Crippen molar-refractivity contribution in [3.63, 3.8) is 0 Å². The molecule has 0 aliphatic heterocycles. The van der Waals surface area contributed by atoms with Crippen LogP contribution in [0.25, 0.3) is 0 Å². The van der Waals surface area contributed by atoms with Crippen LogP contribution in [0, 0.1) is 24.4 Å². The smallest absolute Gasteiger partial charge is 0.254 e. The van der Waals surface area contributed by atoms with Crippen LogP contribution < -0.4 is 5.32 Å². The van der Waals surface area contributed by atoms with Gasteiger partial charge in [-0.1, -0.05) is 12.1 Å². The fourth-order valence-electron chi connectivity index (χ4n) is 2.15. The SMILES string of the molecule is Cc1ccc(C(=O)NC(C)C(O)c2ccc(F)c(F)c2)c(F)c1. The Morgan fingerprint density at radius 1 is 1.04 bits per heavy atom. The van der Waals surface area contributed by atoms with E-state index in [0.29, 0.717) is 5.56 Å². The molecule has 2 rings (SSSR count). The van der Waals surface area contributed by atoms with Crippen molar-refractivity contribution >= 4 is 5.91 Å². The number of rotatable bonds is 4. The first-order chi connectivity index (χ1) is 10.8. The molecule has 0 spiro atoms. The molecule has 2 unspecified atom stereocenters. The molecule has 0 aliphatic carbocycles. The van der Waals surface area contributed by atoms with E-state index in [1.165, 1.54) is 25.1 Å². The molecule has 2 aromatic rings. The van der Waals surface area contributed by atoms with Crippen molar-refractivity contribution in [2.24, 2.45) is 0 Å². The third kappa shape index (κ3) is 3.90. The van der Waals surface area contributed by atoms with Gasteiger partial charge in [0, 0.05) is 0 Å². The maximum absolute atomic E-state index is 13.8. The van der Waals surface area contributed by atoms with Crippen molar-refractivity contribution in [3.8, 4) is 0 Å². The Kier molecular flexibility index (Phi) is 5.05. The highest BCUT2D eigenvalue weighted by Crippen LogP contribution is 2.20. The van der Waals surface area contributed by atoms with E-state index in [1.54, 1.807) is 13.0 Å². The number of aliphatic hydroxyl groups is 1. The first kappa shape index (κ1) is 17.0. The van der Waals surface area contributed by atoms with E-state index in [-0.39, 0.29) is 11.1 Å². The number of aliphatic hydroxyl groups excluding tert-OH is 1. The summed E-state index contributed by atoms with van der Waals surface area (Å²) in [6, 6.07) is 6.30. The Morgan fingerprint density at radius 2 is 1.74 bits per heavy atom. The van der Waals surface area contributed by atoms with Crippen molar-refractivity contribution in [2.75, 3.05) is 0 Å². The van der Waals surface area contributed by atoms with Crippen LogP contribution in [0.15, 0.2) is 36.4 Å². The van der Waals surface area contributed by atoms with E-state index in [0.717, 1.165) is 12.1 Å². The van der Waals surface area contributed by atoms with Gasteiger partial charge in [-0.05, 0) is 49.2 Å². The van der Waals surface area contributed by atoms with Gasteiger partial charge in [-0.2, -0.15) is 0 Å². The molecule has 0 radical (unpaired) electrons. The van der Waals surface area contributed by atoms with Crippen LogP contribution in [0.1, 0.15) is 34.5 Å². The molecule has 0 fully saturated rings. The number of hydrogen-bond donors (Lipinski definition) is 2. The highest BCUT2D eigenvalue weighted by molar-refractivity contribution is 5.94. The van der Waals surface area contributed by atoms with E-state index in [1.807, 2.05) is 0 Å². The van der Waals surface area contributed by atoms with E-state index in [4.69, 9.17) is 0 Å². The van der Waals surface area contributed by atoms with Crippen LogP contribution in [-0.2, 0) is 0 Å². The van der Waals surface area contributed by atoms with Gasteiger partial charge in [0.1, 0.15) is 5.82 Å². The molecular formula is C17H16F3NO2. The summed E-state index contributed by atoms with van der Waals surface area (Å²) in [7, 11) is 0. The number of benzene rings is 2.